The molecule has 2 aliphatic heterocycles. The summed E-state index contributed by atoms with van der Waals surface area (Å²) < 4.78 is 7.45. The van der Waals surface area contributed by atoms with E-state index in [2.05, 4.69) is 21.9 Å². The lowest BCUT2D eigenvalue weighted by Crippen LogP contribution is -2.48. The van der Waals surface area contributed by atoms with Crippen molar-refractivity contribution in [2.75, 3.05) is 45.9 Å². The Labute approximate surface area is 193 Å². The van der Waals surface area contributed by atoms with Crippen molar-refractivity contribution in [3.8, 4) is 0 Å². The molecule has 2 fully saturated rings. The summed E-state index contributed by atoms with van der Waals surface area (Å²) in [4.78, 5) is 33.6. The Bertz CT molecular complexity index is 1220. The summed E-state index contributed by atoms with van der Waals surface area (Å²) >= 11 is 0. The summed E-state index contributed by atoms with van der Waals surface area (Å²) in [7, 11) is 0. The minimum absolute atomic E-state index is 0.0698. The monoisotopic (exact) mass is 451 g/mol. The fraction of sp³-hybridized carbons (Fsp3) is 0.560. The van der Waals surface area contributed by atoms with Gasteiger partial charge in [-0.2, -0.15) is 5.10 Å². The first-order valence-corrected chi connectivity index (χ1v) is 12.2. The molecule has 1 aromatic carbocycles. The number of aryl methyl sites for hydroxylation is 1. The van der Waals surface area contributed by atoms with E-state index in [1.54, 1.807) is 6.20 Å². The highest BCUT2D eigenvalue weighted by atomic mass is 16.5. The highest BCUT2D eigenvalue weighted by Crippen LogP contribution is 2.27. The third-order valence-electron chi connectivity index (χ3n) is 7.15. The number of rotatable bonds is 5. The van der Waals surface area contributed by atoms with Crippen LogP contribution in [0, 0.1) is 12.8 Å². The van der Waals surface area contributed by atoms with Crippen LogP contribution in [0.15, 0.2) is 23.1 Å². The van der Waals surface area contributed by atoms with E-state index < -0.39 is 0 Å². The zero-order chi connectivity index (χ0) is 22.9. The van der Waals surface area contributed by atoms with Crippen LogP contribution in [-0.4, -0.2) is 76.4 Å². The van der Waals surface area contributed by atoms with E-state index in [1.165, 1.54) is 0 Å². The maximum atomic E-state index is 13.5. The molecular formula is C25H33N5O3. The van der Waals surface area contributed by atoms with Gasteiger partial charge < -0.3 is 14.6 Å². The minimum Gasteiger partial charge on any atom is -0.381 e. The topological polar surface area (TPSA) is 83.5 Å². The predicted molar refractivity (Wildman–Crippen MR) is 129 cm³/mol. The molecule has 2 saturated heterocycles. The fourth-order valence-electron chi connectivity index (χ4n) is 5.24. The van der Waals surface area contributed by atoms with Crippen LogP contribution in [0.1, 0.15) is 42.1 Å². The van der Waals surface area contributed by atoms with Crippen LogP contribution in [0.25, 0.3) is 21.8 Å². The molecule has 0 radical (unpaired) electrons. The van der Waals surface area contributed by atoms with Crippen molar-refractivity contribution >= 4 is 27.7 Å². The molecule has 0 saturated carbocycles. The van der Waals surface area contributed by atoms with Gasteiger partial charge in [0.15, 0.2) is 0 Å². The van der Waals surface area contributed by atoms with Gasteiger partial charge in [-0.25, -0.2) is 0 Å². The zero-order valence-electron chi connectivity index (χ0n) is 19.6. The lowest BCUT2D eigenvalue weighted by atomic mass is 10.00. The number of pyridine rings is 1. The van der Waals surface area contributed by atoms with Gasteiger partial charge in [0, 0.05) is 56.9 Å². The first kappa shape index (κ1) is 22.1. The number of fused-ring (bicyclic) bond motifs is 3. The van der Waals surface area contributed by atoms with E-state index in [1.807, 2.05) is 28.6 Å². The third kappa shape index (κ3) is 4.29. The van der Waals surface area contributed by atoms with Crippen LogP contribution >= 0.6 is 0 Å². The van der Waals surface area contributed by atoms with Gasteiger partial charge in [0.2, 0.25) is 0 Å². The van der Waals surface area contributed by atoms with Gasteiger partial charge in [-0.15, -0.1) is 0 Å². The van der Waals surface area contributed by atoms with Crippen molar-refractivity contribution in [1.29, 1.82) is 0 Å². The van der Waals surface area contributed by atoms with Gasteiger partial charge >= 0.3 is 0 Å². The first-order valence-electron chi connectivity index (χ1n) is 12.2. The molecule has 1 N–H and O–H groups in total. The van der Waals surface area contributed by atoms with Crippen LogP contribution in [-0.2, 0) is 11.3 Å². The molecule has 33 heavy (non-hydrogen) atoms. The summed E-state index contributed by atoms with van der Waals surface area (Å²) in [5.74, 6) is 0.544. The second-order valence-electron chi connectivity index (χ2n) is 9.45. The van der Waals surface area contributed by atoms with Gasteiger partial charge in [0.05, 0.1) is 22.6 Å². The van der Waals surface area contributed by atoms with E-state index in [0.717, 1.165) is 93.7 Å². The summed E-state index contributed by atoms with van der Waals surface area (Å²) in [6.45, 7) is 10.8. The molecule has 3 aromatic rings. The molecule has 0 unspecified atom stereocenters. The van der Waals surface area contributed by atoms with Crippen molar-refractivity contribution in [3.05, 3.63) is 39.8 Å². The van der Waals surface area contributed by atoms with E-state index in [9.17, 15) is 9.59 Å². The molecule has 8 nitrogen and oxygen atoms in total. The number of carbonyl (C=O) groups is 1. The first-order chi connectivity index (χ1) is 16.0. The van der Waals surface area contributed by atoms with Gasteiger partial charge in [-0.05, 0) is 56.3 Å². The quantitative estimate of drug-likeness (QED) is 0.645. The van der Waals surface area contributed by atoms with Crippen molar-refractivity contribution in [2.24, 2.45) is 5.92 Å². The Kier molecular flexibility index (Phi) is 6.21. The number of nitrogens with zero attached hydrogens (tertiary/aromatic N) is 4. The number of H-pyrrole nitrogens is 1. The highest BCUT2D eigenvalue weighted by molar-refractivity contribution is 6.07. The molecule has 176 valence electrons. The second kappa shape index (κ2) is 9.27. The summed E-state index contributed by atoms with van der Waals surface area (Å²) in [6.07, 6.45) is 4.78. The maximum Gasteiger partial charge on any atom is 0.259 e. The van der Waals surface area contributed by atoms with E-state index >= 15 is 0 Å². The van der Waals surface area contributed by atoms with Gasteiger partial charge in [-0.3, -0.25) is 19.2 Å². The average Bonchev–Trinajstić information content (AvgIpc) is 3.24. The van der Waals surface area contributed by atoms with Crippen LogP contribution < -0.4 is 5.56 Å². The number of piperazine rings is 1. The molecule has 5 rings (SSSR count). The maximum absolute atomic E-state index is 13.5. The zero-order valence-corrected chi connectivity index (χ0v) is 19.6. The predicted octanol–water partition coefficient (Wildman–Crippen LogP) is 2.78. The van der Waals surface area contributed by atoms with E-state index in [4.69, 9.17) is 4.74 Å². The lowest BCUT2D eigenvalue weighted by molar-refractivity contribution is 0.0605. The highest BCUT2D eigenvalue weighted by Gasteiger charge is 2.24. The van der Waals surface area contributed by atoms with Crippen molar-refractivity contribution in [2.45, 2.75) is 39.7 Å². The molecule has 1 amide bonds. The number of aromatic nitrogens is 3. The number of amides is 1. The normalized spacial score (nSPS) is 18.4. The number of hydrogen-bond donors (Lipinski definition) is 1. The Morgan fingerprint density at radius 3 is 2.64 bits per heavy atom. The Hall–Kier alpha value is -2.71. The SMILES string of the molecule is CCCN1CCN(C(=O)c2cc3c(cc2C)[nH]c(=O)c2cnn(CC4CCOCC4)c23)CC1. The number of aromatic amines is 1. The number of nitrogens with one attached hydrogen (secondary N) is 1. The van der Waals surface area contributed by atoms with Crippen molar-refractivity contribution < 1.29 is 9.53 Å². The molecular weight excluding hydrogens is 418 g/mol. The largest absolute Gasteiger partial charge is 0.381 e. The second-order valence-corrected chi connectivity index (χ2v) is 9.45. The molecule has 2 aliphatic rings. The molecule has 0 bridgehead atoms. The van der Waals surface area contributed by atoms with Gasteiger partial charge in [0.1, 0.15) is 0 Å². The van der Waals surface area contributed by atoms with Gasteiger partial charge in [0.25, 0.3) is 11.5 Å². The minimum atomic E-state index is -0.138. The smallest absolute Gasteiger partial charge is 0.259 e. The molecule has 2 aromatic heterocycles. The number of ether oxygens (including phenoxy) is 1. The van der Waals surface area contributed by atoms with Crippen LogP contribution in [0.3, 0.4) is 0 Å². The number of benzene rings is 1. The lowest BCUT2D eigenvalue weighted by Gasteiger charge is -2.34. The fourth-order valence-corrected chi connectivity index (χ4v) is 5.24. The summed E-state index contributed by atoms with van der Waals surface area (Å²) in [6, 6.07) is 3.90. The van der Waals surface area contributed by atoms with Crippen molar-refractivity contribution in [3.63, 3.8) is 0 Å². The standard InChI is InChI=1S/C25H33N5O3/c1-3-6-28-7-9-29(10-8-28)25(32)19-14-20-22(13-17(19)2)27-24(31)21-15-26-30(23(20)21)16-18-4-11-33-12-5-18/h13-15,18H,3-12,16H2,1-2H3,(H,27,31). The molecule has 0 atom stereocenters. The average molecular weight is 452 g/mol. The van der Waals surface area contributed by atoms with E-state index in [-0.39, 0.29) is 11.5 Å². The third-order valence-corrected chi connectivity index (χ3v) is 7.15. The molecule has 8 heteroatoms. The summed E-state index contributed by atoms with van der Waals surface area (Å²) in [5, 5.41) is 6.02. The molecule has 0 spiro atoms. The van der Waals surface area contributed by atoms with Crippen LogP contribution in [0.2, 0.25) is 0 Å². The van der Waals surface area contributed by atoms with E-state index in [0.29, 0.717) is 16.9 Å². The van der Waals surface area contributed by atoms with Crippen LogP contribution in [0.4, 0.5) is 0 Å². The molecule has 4 heterocycles. The number of hydrogen-bond acceptors (Lipinski definition) is 5. The number of carbonyl (C=O) groups excluding carboxylic acids is 1. The Balaban J connectivity index is 1.51. The van der Waals surface area contributed by atoms with Gasteiger partial charge in [-0.1, -0.05) is 6.92 Å². The Morgan fingerprint density at radius 2 is 1.91 bits per heavy atom. The van der Waals surface area contributed by atoms with Crippen molar-refractivity contribution in [1.82, 2.24) is 24.6 Å². The summed E-state index contributed by atoms with van der Waals surface area (Å²) in [5.41, 5.74) is 3.03. The Morgan fingerprint density at radius 1 is 1.15 bits per heavy atom. The molecule has 0 aliphatic carbocycles. The van der Waals surface area contributed by atoms with Crippen LogP contribution in [0.5, 0.6) is 0 Å².